The standard InChI is InChI=1S/C11H20N4/c1-3-5-10(7-12)15-11-6-9(4-2)13-8-14-11/h6,8,10H,3-5,7,12H2,1-2H3,(H,13,14,15). The van der Waals surface area contributed by atoms with Crippen LogP contribution in [0.5, 0.6) is 0 Å². The molecule has 0 aliphatic carbocycles. The van der Waals surface area contributed by atoms with Gasteiger partial charge in [-0.1, -0.05) is 20.3 Å². The molecule has 0 aromatic carbocycles. The van der Waals surface area contributed by atoms with Crippen LogP contribution in [0.15, 0.2) is 12.4 Å². The highest BCUT2D eigenvalue weighted by atomic mass is 15.0. The lowest BCUT2D eigenvalue weighted by Crippen LogP contribution is -2.29. The van der Waals surface area contributed by atoms with Crippen LogP contribution in [0.25, 0.3) is 0 Å². The summed E-state index contributed by atoms with van der Waals surface area (Å²) in [7, 11) is 0. The normalized spacial score (nSPS) is 12.5. The average Bonchev–Trinajstić information content (AvgIpc) is 2.29. The Morgan fingerprint density at radius 1 is 1.40 bits per heavy atom. The van der Waals surface area contributed by atoms with Crippen molar-refractivity contribution >= 4 is 5.82 Å². The second-order valence-electron chi connectivity index (χ2n) is 3.61. The third kappa shape index (κ3) is 3.83. The van der Waals surface area contributed by atoms with E-state index in [1.807, 2.05) is 6.07 Å². The van der Waals surface area contributed by atoms with Gasteiger partial charge < -0.3 is 11.1 Å². The van der Waals surface area contributed by atoms with Crippen LogP contribution in [-0.4, -0.2) is 22.6 Å². The first kappa shape index (κ1) is 11.9. The predicted octanol–water partition coefficient (Wildman–Crippen LogP) is 1.58. The molecular weight excluding hydrogens is 188 g/mol. The van der Waals surface area contributed by atoms with Crippen LogP contribution in [0.2, 0.25) is 0 Å². The fourth-order valence-electron chi connectivity index (χ4n) is 1.48. The SMILES string of the molecule is CCCC(CN)Nc1cc(CC)ncn1. The number of anilines is 1. The molecule has 0 radical (unpaired) electrons. The van der Waals surface area contributed by atoms with Crippen LogP contribution in [0.1, 0.15) is 32.4 Å². The number of nitrogens with zero attached hydrogens (tertiary/aromatic N) is 2. The molecule has 15 heavy (non-hydrogen) atoms. The summed E-state index contributed by atoms with van der Waals surface area (Å²) in [5, 5.41) is 3.33. The summed E-state index contributed by atoms with van der Waals surface area (Å²) in [5.41, 5.74) is 6.73. The van der Waals surface area contributed by atoms with Gasteiger partial charge in [-0.25, -0.2) is 9.97 Å². The molecular formula is C11H20N4. The fraction of sp³-hybridized carbons (Fsp3) is 0.636. The van der Waals surface area contributed by atoms with E-state index in [4.69, 9.17) is 5.73 Å². The number of hydrogen-bond acceptors (Lipinski definition) is 4. The molecule has 4 heteroatoms. The quantitative estimate of drug-likeness (QED) is 0.745. The maximum atomic E-state index is 5.67. The molecule has 1 rings (SSSR count). The molecule has 4 nitrogen and oxygen atoms in total. The molecule has 0 saturated carbocycles. The second kappa shape index (κ2) is 6.35. The van der Waals surface area contributed by atoms with Gasteiger partial charge in [0, 0.05) is 24.3 Å². The van der Waals surface area contributed by atoms with Crippen molar-refractivity contribution in [3.63, 3.8) is 0 Å². The van der Waals surface area contributed by atoms with Crippen LogP contribution in [-0.2, 0) is 6.42 Å². The van der Waals surface area contributed by atoms with Gasteiger partial charge in [-0.2, -0.15) is 0 Å². The van der Waals surface area contributed by atoms with Gasteiger partial charge in [-0.3, -0.25) is 0 Å². The van der Waals surface area contributed by atoms with Crippen LogP contribution in [0.3, 0.4) is 0 Å². The molecule has 0 aliphatic heterocycles. The van der Waals surface area contributed by atoms with Gasteiger partial charge in [0.05, 0.1) is 0 Å². The van der Waals surface area contributed by atoms with Gasteiger partial charge in [0.1, 0.15) is 12.1 Å². The van der Waals surface area contributed by atoms with Crippen molar-refractivity contribution in [2.45, 2.75) is 39.2 Å². The Bertz CT molecular complexity index is 288. The Hall–Kier alpha value is -1.16. The maximum absolute atomic E-state index is 5.67. The lowest BCUT2D eigenvalue weighted by Gasteiger charge is -2.16. The van der Waals surface area contributed by atoms with Gasteiger partial charge in [-0.15, -0.1) is 0 Å². The van der Waals surface area contributed by atoms with Crippen molar-refractivity contribution in [1.29, 1.82) is 0 Å². The Morgan fingerprint density at radius 2 is 2.20 bits per heavy atom. The van der Waals surface area contributed by atoms with E-state index in [9.17, 15) is 0 Å². The first-order valence-electron chi connectivity index (χ1n) is 5.57. The van der Waals surface area contributed by atoms with Gasteiger partial charge in [0.2, 0.25) is 0 Å². The van der Waals surface area contributed by atoms with Crippen LogP contribution in [0.4, 0.5) is 5.82 Å². The highest BCUT2D eigenvalue weighted by Gasteiger charge is 2.05. The number of nitrogens with one attached hydrogen (secondary N) is 1. The number of hydrogen-bond donors (Lipinski definition) is 2. The first-order valence-corrected chi connectivity index (χ1v) is 5.57. The van der Waals surface area contributed by atoms with E-state index < -0.39 is 0 Å². The van der Waals surface area contributed by atoms with E-state index in [0.717, 1.165) is 30.8 Å². The lowest BCUT2D eigenvalue weighted by atomic mass is 10.1. The Morgan fingerprint density at radius 3 is 2.80 bits per heavy atom. The van der Waals surface area contributed by atoms with E-state index in [2.05, 4.69) is 29.1 Å². The second-order valence-corrected chi connectivity index (χ2v) is 3.61. The molecule has 0 aliphatic rings. The molecule has 0 spiro atoms. The predicted molar refractivity (Wildman–Crippen MR) is 62.8 cm³/mol. The van der Waals surface area contributed by atoms with Gasteiger partial charge in [0.25, 0.3) is 0 Å². The molecule has 3 N–H and O–H groups in total. The topological polar surface area (TPSA) is 63.8 Å². The average molecular weight is 208 g/mol. The third-order valence-electron chi connectivity index (χ3n) is 2.36. The summed E-state index contributed by atoms with van der Waals surface area (Å²) < 4.78 is 0. The van der Waals surface area contributed by atoms with E-state index >= 15 is 0 Å². The van der Waals surface area contributed by atoms with Crippen molar-refractivity contribution in [2.75, 3.05) is 11.9 Å². The summed E-state index contributed by atoms with van der Waals surface area (Å²) in [6.07, 6.45) is 4.72. The summed E-state index contributed by atoms with van der Waals surface area (Å²) in [5.74, 6) is 0.880. The molecule has 0 fully saturated rings. The molecule has 1 aromatic heterocycles. The monoisotopic (exact) mass is 208 g/mol. The van der Waals surface area contributed by atoms with E-state index in [1.54, 1.807) is 6.33 Å². The summed E-state index contributed by atoms with van der Waals surface area (Å²) in [6, 6.07) is 2.30. The summed E-state index contributed by atoms with van der Waals surface area (Å²) in [4.78, 5) is 8.33. The van der Waals surface area contributed by atoms with Crippen molar-refractivity contribution in [3.8, 4) is 0 Å². The fourth-order valence-corrected chi connectivity index (χ4v) is 1.48. The van der Waals surface area contributed by atoms with E-state index in [-0.39, 0.29) is 0 Å². The van der Waals surface area contributed by atoms with Gasteiger partial charge >= 0.3 is 0 Å². The third-order valence-corrected chi connectivity index (χ3v) is 2.36. The number of nitrogens with two attached hydrogens (primary N) is 1. The molecule has 0 amide bonds. The van der Waals surface area contributed by atoms with Crippen molar-refractivity contribution in [2.24, 2.45) is 5.73 Å². The molecule has 0 saturated heterocycles. The van der Waals surface area contributed by atoms with Crippen LogP contribution in [0, 0.1) is 0 Å². The zero-order chi connectivity index (χ0) is 11.1. The lowest BCUT2D eigenvalue weighted by molar-refractivity contribution is 0.645. The molecule has 1 unspecified atom stereocenters. The van der Waals surface area contributed by atoms with E-state index in [0.29, 0.717) is 12.6 Å². The summed E-state index contributed by atoms with van der Waals surface area (Å²) >= 11 is 0. The minimum absolute atomic E-state index is 0.314. The van der Waals surface area contributed by atoms with E-state index in [1.165, 1.54) is 0 Å². The number of rotatable bonds is 6. The first-order chi connectivity index (χ1) is 7.30. The molecule has 1 atom stereocenters. The van der Waals surface area contributed by atoms with Crippen molar-refractivity contribution < 1.29 is 0 Å². The smallest absolute Gasteiger partial charge is 0.129 e. The minimum atomic E-state index is 0.314. The summed E-state index contributed by atoms with van der Waals surface area (Å²) in [6.45, 7) is 4.87. The number of aryl methyl sites for hydroxylation is 1. The highest BCUT2D eigenvalue weighted by molar-refractivity contribution is 5.36. The van der Waals surface area contributed by atoms with Crippen molar-refractivity contribution in [1.82, 2.24) is 9.97 Å². The zero-order valence-electron chi connectivity index (χ0n) is 9.53. The van der Waals surface area contributed by atoms with Gasteiger partial charge in [-0.05, 0) is 12.8 Å². The Balaban J connectivity index is 2.61. The molecule has 0 bridgehead atoms. The van der Waals surface area contributed by atoms with Gasteiger partial charge in [0.15, 0.2) is 0 Å². The zero-order valence-corrected chi connectivity index (χ0v) is 9.53. The highest BCUT2D eigenvalue weighted by Crippen LogP contribution is 2.08. The Labute approximate surface area is 91.3 Å². The largest absolute Gasteiger partial charge is 0.366 e. The molecule has 84 valence electrons. The molecule has 1 heterocycles. The minimum Gasteiger partial charge on any atom is -0.366 e. The Kier molecular flexibility index (Phi) is 5.04. The maximum Gasteiger partial charge on any atom is 0.129 e. The van der Waals surface area contributed by atoms with Crippen LogP contribution < -0.4 is 11.1 Å². The van der Waals surface area contributed by atoms with Crippen molar-refractivity contribution in [3.05, 3.63) is 18.1 Å². The van der Waals surface area contributed by atoms with Crippen LogP contribution >= 0.6 is 0 Å². The molecule has 1 aromatic rings. The number of aromatic nitrogens is 2.